The summed E-state index contributed by atoms with van der Waals surface area (Å²) in [5.41, 5.74) is 0. The predicted octanol–water partition coefficient (Wildman–Crippen LogP) is 3.14. The third-order valence-corrected chi connectivity index (χ3v) is 7.70. The van der Waals surface area contributed by atoms with Gasteiger partial charge >= 0.3 is 23.5 Å². The molecule has 0 saturated heterocycles. The van der Waals surface area contributed by atoms with E-state index in [1.807, 2.05) is 13.8 Å². The monoisotopic (exact) mass is 740 g/mol. The van der Waals surface area contributed by atoms with Crippen molar-refractivity contribution in [1.29, 1.82) is 0 Å². The second kappa shape index (κ2) is 26.9. The zero-order valence-corrected chi connectivity index (χ0v) is 30.5. The van der Waals surface area contributed by atoms with Gasteiger partial charge in [0.1, 0.15) is 6.79 Å². The Kier molecular flexibility index (Phi) is 28.1. The first-order chi connectivity index (χ1) is 21.2. The maximum absolute atomic E-state index is 11.4. The summed E-state index contributed by atoms with van der Waals surface area (Å²) in [5.74, 6) is -0.770. The zero-order chi connectivity index (χ0) is 35.8. The summed E-state index contributed by atoms with van der Waals surface area (Å²) >= 11 is 0. The molecule has 0 fully saturated rings. The molecule has 19 nitrogen and oxygen atoms in total. The molecule has 5 N–H and O–H groups in total. The molecule has 0 aromatic heterocycles. The summed E-state index contributed by atoms with van der Waals surface area (Å²) in [4.78, 5) is 27.9. The van der Waals surface area contributed by atoms with Gasteiger partial charge in [0, 0.05) is 11.8 Å². The summed E-state index contributed by atoms with van der Waals surface area (Å²) in [6, 6.07) is 0. The lowest BCUT2D eigenvalue weighted by Crippen LogP contribution is -2.22. The summed E-state index contributed by atoms with van der Waals surface area (Å²) in [6.07, 6.45) is -1.34. The van der Waals surface area contributed by atoms with Gasteiger partial charge in [0.2, 0.25) is 0 Å². The standard InChI is InChI=1S/C12H28O11P2.C12H27O8P/c1-10(2)22-24(14,15)20-8-18-6-12(5-13)7-19-9-21-25(16,17)23-11(3)4;1-10(2)18-8-16-6-12(5-13)7-17-9-19-21(14,15)20-11(3)4/h10-13H,5-9H2,1-4H3,(H,14,15)(H,16,17);10-13H,5-9H2,1-4H3,(H,14,15). The fourth-order valence-corrected chi connectivity index (χ4v) is 4.96. The van der Waals surface area contributed by atoms with Crippen molar-refractivity contribution in [1.82, 2.24) is 0 Å². The van der Waals surface area contributed by atoms with Crippen LogP contribution in [0.15, 0.2) is 0 Å². The lowest BCUT2D eigenvalue weighted by atomic mass is 10.2. The normalized spacial score (nSPS) is 17.4. The van der Waals surface area contributed by atoms with Crippen LogP contribution in [0.1, 0.15) is 55.4 Å². The smallest absolute Gasteiger partial charge is 0.396 e. The highest BCUT2D eigenvalue weighted by Crippen LogP contribution is 2.45. The molecule has 0 radical (unpaired) electrons. The molecule has 0 aliphatic carbocycles. The first-order valence-corrected chi connectivity index (χ1v) is 18.8. The van der Waals surface area contributed by atoms with E-state index in [9.17, 15) is 33.5 Å². The van der Waals surface area contributed by atoms with Gasteiger partial charge in [-0.1, -0.05) is 0 Å². The van der Waals surface area contributed by atoms with Crippen LogP contribution in [0.5, 0.6) is 0 Å². The molecule has 0 rings (SSSR count). The Hall–Kier alpha value is 0.0500. The highest BCUT2D eigenvalue weighted by atomic mass is 31.2. The van der Waals surface area contributed by atoms with E-state index in [0.29, 0.717) is 0 Å². The van der Waals surface area contributed by atoms with E-state index in [0.717, 1.165) is 0 Å². The van der Waals surface area contributed by atoms with Gasteiger partial charge in [-0.3, -0.25) is 27.1 Å². The minimum absolute atomic E-state index is 0.0442. The van der Waals surface area contributed by atoms with Crippen molar-refractivity contribution in [2.45, 2.75) is 79.8 Å². The van der Waals surface area contributed by atoms with Gasteiger partial charge in [0.05, 0.1) is 64.1 Å². The second-order valence-corrected chi connectivity index (χ2v) is 14.7. The van der Waals surface area contributed by atoms with Gasteiger partial charge in [-0.2, -0.15) is 0 Å². The van der Waals surface area contributed by atoms with Crippen LogP contribution in [0.2, 0.25) is 0 Å². The SMILES string of the molecule is CC(C)OCOCC(CO)COCOP(=O)(O)OC(C)C.CC(C)OP(=O)(O)OCOCC(CO)COCOP(=O)(O)OC(C)C. The van der Waals surface area contributed by atoms with Crippen LogP contribution in [0.3, 0.4) is 0 Å². The Labute approximate surface area is 271 Å². The zero-order valence-electron chi connectivity index (χ0n) is 27.8. The minimum Gasteiger partial charge on any atom is -0.396 e. The Morgan fingerprint density at radius 3 is 0.935 bits per heavy atom. The molecular weight excluding hydrogens is 685 g/mol. The van der Waals surface area contributed by atoms with Crippen LogP contribution >= 0.6 is 23.5 Å². The number of phosphoric acid groups is 3. The van der Waals surface area contributed by atoms with E-state index in [2.05, 4.69) is 22.6 Å². The van der Waals surface area contributed by atoms with Crippen molar-refractivity contribution in [3.05, 3.63) is 0 Å². The van der Waals surface area contributed by atoms with Gasteiger partial charge in [0.25, 0.3) is 0 Å². The number of aliphatic hydroxyl groups excluding tert-OH is 2. The molecule has 4 atom stereocenters. The lowest BCUT2D eigenvalue weighted by Gasteiger charge is -2.18. The number of rotatable bonds is 28. The van der Waals surface area contributed by atoms with E-state index in [1.165, 1.54) is 0 Å². The third kappa shape index (κ3) is 32.6. The van der Waals surface area contributed by atoms with Gasteiger partial charge in [-0.05, 0) is 55.4 Å². The van der Waals surface area contributed by atoms with E-state index >= 15 is 0 Å². The van der Waals surface area contributed by atoms with Gasteiger partial charge in [-0.25, -0.2) is 13.7 Å². The van der Waals surface area contributed by atoms with Gasteiger partial charge in [0.15, 0.2) is 20.4 Å². The molecule has 0 aliphatic rings. The first kappa shape index (κ1) is 48.2. The van der Waals surface area contributed by atoms with Crippen LogP contribution in [-0.2, 0) is 64.5 Å². The molecule has 280 valence electrons. The average Bonchev–Trinajstić information content (AvgIpc) is 2.89. The Bertz CT molecular complexity index is 838. The van der Waals surface area contributed by atoms with Crippen molar-refractivity contribution < 1.29 is 89.4 Å². The number of hydrogen-bond donors (Lipinski definition) is 5. The minimum atomic E-state index is -4.19. The third-order valence-electron chi connectivity index (χ3n) is 4.34. The van der Waals surface area contributed by atoms with E-state index in [-0.39, 0.29) is 58.5 Å². The topological polar surface area (TPSA) is 254 Å². The predicted molar refractivity (Wildman–Crippen MR) is 162 cm³/mol. The lowest BCUT2D eigenvalue weighted by molar-refractivity contribution is -0.103. The maximum atomic E-state index is 11.4. The highest BCUT2D eigenvalue weighted by Gasteiger charge is 2.25. The second-order valence-electron chi connectivity index (χ2n) is 10.5. The Morgan fingerprint density at radius 1 is 0.457 bits per heavy atom. The number of hydrogen-bond acceptors (Lipinski definition) is 16. The fourth-order valence-electron chi connectivity index (χ4n) is 2.55. The van der Waals surface area contributed by atoms with Crippen molar-refractivity contribution in [2.75, 3.05) is 66.8 Å². The quantitative estimate of drug-likeness (QED) is 0.0439. The van der Waals surface area contributed by atoms with Crippen molar-refractivity contribution in [3.8, 4) is 0 Å². The molecule has 0 aromatic rings. The number of phosphoric ester groups is 3. The van der Waals surface area contributed by atoms with Gasteiger partial charge in [-0.15, -0.1) is 0 Å². The van der Waals surface area contributed by atoms with Crippen molar-refractivity contribution in [2.24, 2.45) is 11.8 Å². The molecule has 46 heavy (non-hydrogen) atoms. The molecule has 0 amide bonds. The van der Waals surface area contributed by atoms with Crippen LogP contribution in [0.25, 0.3) is 0 Å². The summed E-state index contributed by atoms with van der Waals surface area (Å²) in [5, 5.41) is 18.3. The molecule has 0 aromatic carbocycles. The summed E-state index contributed by atoms with van der Waals surface area (Å²) < 4.78 is 87.4. The van der Waals surface area contributed by atoms with Crippen molar-refractivity contribution >= 4 is 23.5 Å². The van der Waals surface area contributed by atoms with Crippen LogP contribution in [0, 0.1) is 11.8 Å². The van der Waals surface area contributed by atoms with E-state index < -0.39 is 68.1 Å². The number of aliphatic hydroxyl groups is 2. The molecule has 22 heteroatoms. The summed E-state index contributed by atoms with van der Waals surface area (Å²) in [6.45, 7) is 11.9. The van der Waals surface area contributed by atoms with Crippen LogP contribution < -0.4 is 0 Å². The molecule has 0 aliphatic heterocycles. The average molecular weight is 741 g/mol. The molecule has 4 unspecified atom stereocenters. The van der Waals surface area contributed by atoms with Crippen molar-refractivity contribution in [3.63, 3.8) is 0 Å². The molecule has 0 bridgehead atoms. The maximum Gasteiger partial charge on any atom is 0.474 e. The van der Waals surface area contributed by atoms with Crippen LogP contribution in [0.4, 0.5) is 0 Å². The highest BCUT2D eigenvalue weighted by molar-refractivity contribution is 7.47. The Morgan fingerprint density at radius 2 is 0.717 bits per heavy atom. The first-order valence-electron chi connectivity index (χ1n) is 14.4. The molecular formula is C24H55O19P3. The number of ether oxygens (including phenoxy) is 5. The van der Waals surface area contributed by atoms with Crippen LogP contribution in [-0.4, -0.2) is 116 Å². The van der Waals surface area contributed by atoms with E-state index in [1.54, 1.807) is 41.5 Å². The molecule has 0 heterocycles. The fraction of sp³-hybridized carbons (Fsp3) is 1.00. The molecule has 0 saturated carbocycles. The summed E-state index contributed by atoms with van der Waals surface area (Å²) in [7, 11) is -12.5. The molecule has 0 spiro atoms. The Balaban J connectivity index is 0. The largest absolute Gasteiger partial charge is 0.474 e. The van der Waals surface area contributed by atoms with Gasteiger partial charge < -0.3 is 48.6 Å². The van der Waals surface area contributed by atoms with E-state index in [4.69, 9.17) is 33.3 Å².